The van der Waals surface area contributed by atoms with Crippen LogP contribution in [-0.2, 0) is 19.9 Å². The number of aromatic nitrogens is 2. The number of hydrogen-bond donors (Lipinski definition) is 1. The summed E-state index contributed by atoms with van der Waals surface area (Å²) < 4.78 is 63.9. The zero-order chi connectivity index (χ0) is 20.7. The smallest absolute Gasteiger partial charge is 0.265 e. The van der Waals surface area contributed by atoms with Crippen molar-refractivity contribution in [3.05, 3.63) is 29.6 Å². The van der Waals surface area contributed by atoms with Crippen molar-refractivity contribution in [1.29, 1.82) is 0 Å². The third kappa shape index (κ3) is 3.81. The number of benzene rings is 1. The van der Waals surface area contributed by atoms with Crippen molar-refractivity contribution < 1.29 is 26.3 Å². The van der Waals surface area contributed by atoms with E-state index in [1.807, 2.05) is 0 Å². The number of sulfone groups is 1. The first kappa shape index (κ1) is 20.5. The fourth-order valence-corrected chi connectivity index (χ4v) is 6.61. The number of aryl methyl sites for hydroxylation is 1. The molecule has 3 rings (SSSR count). The molecule has 1 N–H and O–H groups in total. The molecule has 0 saturated carbocycles. The summed E-state index contributed by atoms with van der Waals surface area (Å²) in [6, 6.07) is 4.34. The summed E-state index contributed by atoms with van der Waals surface area (Å²) in [4.78, 5) is 0.0478. The molecule has 1 fully saturated rings. The van der Waals surface area contributed by atoms with Crippen molar-refractivity contribution in [3.8, 4) is 11.5 Å². The Bertz CT molecular complexity index is 1110. The minimum Gasteiger partial charge on any atom is -0.493 e. The SMILES string of the molecule is COc1ccc(NS(=O)(=O)c2c(C)nn([C@H]3CCS(=O)(=O)C3)c2C)cc1OC. The molecule has 2 aromatic rings. The Morgan fingerprint density at radius 2 is 1.86 bits per heavy atom. The van der Waals surface area contributed by atoms with Gasteiger partial charge < -0.3 is 9.47 Å². The molecule has 0 spiro atoms. The second-order valence-electron chi connectivity index (χ2n) is 6.68. The quantitative estimate of drug-likeness (QED) is 0.742. The van der Waals surface area contributed by atoms with E-state index in [4.69, 9.17) is 9.47 Å². The molecular formula is C17H23N3O6S2. The molecule has 0 unspecified atom stereocenters. The molecular weight excluding hydrogens is 406 g/mol. The van der Waals surface area contributed by atoms with Crippen LogP contribution in [0.1, 0.15) is 23.9 Å². The molecule has 9 nitrogen and oxygen atoms in total. The highest BCUT2D eigenvalue weighted by Crippen LogP contribution is 2.33. The van der Waals surface area contributed by atoms with Crippen molar-refractivity contribution in [2.75, 3.05) is 30.4 Å². The highest BCUT2D eigenvalue weighted by atomic mass is 32.2. The molecule has 1 aliphatic heterocycles. The summed E-state index contributed by atoms with van der Waals surface area (Å²) >= 11 is 0. The highest BCUT2D eigenvalue weighted by Gasteiger charge is 2.33. The second-order valence-corrected chi connectivity index (χ2v) is 10.5. The van der Waals surface area contributed by atoms with Crippen LogP contribution >= 0.6 is 0 Å². The van der Waals surface area contributed by atoms with Gasteiger partial charge in [-0.2, -0.15) is 5.10 Å². The van der Waals surface area contributed by atoms with Gasteiger partial charge in [0.2, 0.25) is 0 Å². The Morgan fingerprint density at radius 3 is 2.43 bits per heavy atom. The molecule has 0 bridgehead atoms. The molecule has 1 atom stereocenters. The number of methoxy groups -OCH3 is 2. The normalized spacial score (nSPS) is 18.8. The Balaban J connectivity index is 1.95. The summed E-state index contributed by atoms with van der Waals surface area (Å²) in [5.74, 6) is 0.926. The van der Waals surface area contributed by atoms with Gasteiger partial charge in [-0.15, -0.1) is 0 Å². The fourth-order valence-electron chi connectivity index (χ4n) is 3.47. The third-order valence-corrected chi connectivity index (χ3v) is 8.10. The number of sulfonamides is 1. The van der Waals surface area contributed by atoms with Gasteiger partial charge in [0.05, 0.1) is 48.8 Å². The first-order valence-corrected chi connectivity index (χ1v) is 11.9. The summed E-state index contributed by atoms with van der Waals surface area (Å²) in [7, 11) is -4.10. The molecule has 1 aliphatic rings. The zero-order valence-electron chi connectivity index (χ0n) is 16.1. The molecule has 1 saturated heterocycles. The van der Waals surface area contributed by atoms with Crippen LogP contribution in [0.25, 0.3) is 0 Å². The van der Waals surface area contributed by atoms with Gasteiger partial charge in [0.15, 0.2) is 21.3 Å². The molecule has 154 valence electrons. The van der Waals surface area contributed by atoms with Crippen molar-refractivity contribution >= 4 is 25.5 Å². The number of nitrogens with one attached hydrogen (secondary N) is 1. The summed E-state index contributed by atoms with van der Waals surface area (Å²) in [5, 5.41) is 4.32. The van der Waals surface area contributed by atoms with E-state index in [0.29, 0.717) is 35.0 Å². The van der Waals surface area contributed by atoms with Crippen LogP contribution in [-0.4, -0.2) is 52.3 Å². The van der Waals surface area contributed by atoms with Crippen molar-refractivity contribution in [1.82, 2.24) is 9.78 Å². The first-order valence-electron chi connectivity index (χ1n) is 8.59. The largest absolute Gasteiger partial charge is 0.493 e. The van der Waals surface area contributed by atoms with Gasteiger partial charge in [0.1, 0.15) is 4.90 Å². The minimum absolute atomic E-state index is 0.0302. The predicted molar refractivity (Wildman–Crippen MR) is 104 cm³/mol. The van der Waals surface area contributed by atoms with E-state index in [9.17, 15) is 16.8 Å². The molecule has 1 aromatic carbocycles. The molecule has 11 heteroatoms. The van der Waals surface area contributed by atoms with Crippen molar-refractivity contribution in [2.45, 2.75) is 31.2 Å². The third-order valence-electron chi connectivity index (χ3n) is 4.72. The van der Waals surface area contributed by atoms with Gasteiger partial charge in [-0.25, -0.2) is 16.8 Å². The number of nitrogens with zero attached hydrogens (tertiary/aromatic N) is 2. The first-order chi connectivity index (χ1) is 13.1. The number of rotatable bonds is 6. The highest BCUT2D eigenvalue weighted by molar-refractivity contribution is 7.92. The van der Waals surface area contributed by atoms with Crippen LogP contribution in [0.3, 0.4) is 0 Å². The average Bonchev–Trinajstić information content (AvgIpc) is 3.13. The van der Waals surface area contributed by atoms with Gasteiger partial charge in [-0.3, -0.25) is 9.40 Å². The number of hydrogen-bond acceptors (Lipinski definition) is 7. The predicted octanol–water partition coefficient (Wildman–Crippen LogP) is 1.68. The van der Waals surface area contributed by atoms with Gasteiger partial charge >= 0.3 is 0 Å². The van der Waals surface area contributed by atoms with Crippen LogP contribution < -0.4 is 14.2 Å². The van der Waals surface area contributed by atoms with Gasteiger partial charge in [0, 0.05) is 6.07 Å². The number of ether oxygens (including phenoxy) is 2. The standard InChI is InChI=1S/C17H23N3O6S2/c1-11-17(12(2)20(18-11)14-7-8-27(21,22)10-14)28(23,24)19-13-5-6-15(25-3)16(9-13)26-4/h5-6,9,14,19H,7-8,10H2,1-4H3/t14-/m0/s1. The summed E-state index contributed by atoms with van der Waals surface area (Å²) in [5.41, 5.74) is 1.04. The van der Waals surface area contributed by atoms with Gasteiger partial charge in [0.25, 0.3) is 10.0 Å². The average molecular weight is 430 g/mol. The van der Waals surface area contributed by atoms with Gasteiger partial charge in [-0.1, -0.05) is 0 Å². The maximum Gasteiger partial charge on any atom is 0.265 e. The van der Waals surface area contributed by atoms with Crippen molar-refractivity contribution in [3.63, 3.8) is 0 Å². The molecule has 28 heavy (non-hydrogen) atoms. The van der Waals surface area contributed by atoms with E-state index in [-0.39, 0.29) is 22.4 Å². The molecule has 0 aliphatic carbocycles. The Kier molecular flexibility index (Phi) is 5.32. The van der Waals surface area contributed by atoms with E-state index in [1.54, 1.807) is 26.0 Å². The maximum atomic E-state index is 13.0. The zero-order valence-corrected chi connectivity index (χ0v) is 17.7. The lowest BCUT2D eigenvalue weighted by atomic mass is 10.2. The lowest BCUT2D eigenvalue weighted by Crippen LogP contribution is -2.17. The molecule has 2 heterocycles. The maximum absolute atomic E-state index is 13.0. The monoisotopic (exact) mass is 429 g/mol. The summed E-state index contributed by atoms with van der Waals surface area (Å²) in [6.07, 6.45) is 0.424. The summed E-state index contributed by atoms with van der Waals surface area (Å²) in [6.45, 7) is 3.23. The Morgan fingerprint density at radius 1 is 1.18 bits per heavy atom. The molecule has 0 amide bonds. The molecule has 1 aromatic heterocycles. The van der Waals surface area contributed by atoms with Crippen LogP contribution in [0.4, 0.5) is 5.69 Å². The van der Waals surface area contributed by atoms with Gasteiger partial charge in [-0.05, 0) is 32.4 Å². The Hall–Kier alpha value is -2.27. The van der Waals surface area contributed by atoms with Crippen LogP contribution in [0.2, 0.25) is 0 Å². The Labute approximate surface area is 164 Å². The lowest BCUT2D eigenvalue weighted by molar-refractivity contribution is 0.355. The lowest BCUT2D eigenvalue weighted by Gasteiger charge is -2.13. The van der Waals surface area contributed by atoms with Crippen LogP contribution in [0.5, 0.6) is 11.5 Å². The number of anilines is 1. The fraction of sp³-hybridized carbons (Fsp3) is 0.471. The van der Waals surface area contributed by atoms with E-state index in [0.717, 1.165) is 0 Å². The minimum atomic E-state index is -3.94. The topological polar surface area (TPSA) is 117 Å². The second kappa shape index (κ2) is 7.28. The van der Waals surface area contributed by atoms with E-state index < -0.39 is 19.9 Å². The van der Waals surface area contributed by atoms with E-state index in [1.165, 1.54) is 25.0 Å². The van der Waals surface area contributed by atoms with Crippen LogP contribution in [0.15, 0.2) is 23.1 Å². The van der Waals surface area contributed by atoms with Crippen molar-refractivity contribution in [2.24, 2.45) is 0 Å². The molecule has 0 radical (unpaired) electrons. The van der Waals surface area contributed by atoms with Crippen LogP contribution in [0, 0.1) is 13.8 Å². The van der Waals surface area contributed by atoms with E-state index in [2.05, 4.69) is 9.82 Å². The van der Waals surface area contributed by atoms with E-state index >= 15 is 0 Å².